The minimum atomic E-state index is -4.27. The first-order valence-corrected chi connectivity index (χ1v) is 7.78. The van der Waals surface area contributed by atoms with E-state index in [4.69, 9.17) is 9.79 Å². The number of piperidine rings is 1. The average molecular weight is 263 g/mol. The van der Waals surface area contributed by atoms with Crippen LogP contribution in [0.25, 0.3) is 0 Å². The zero-order valence-corrected chi connectivity index (χ0v) is 11.5. The number of carbonyl (C=O) groups is 1. The van der Waals surface area contributed by atoms with Crippen LogP contribution in [-0.2, 0) is 9.36 Å². The lowest BCUT2D eigenvalue weighted by Gasteiger charge is -2.43. The van der Waals surface area contributed by atoms with E-state index in [1.807, 2.05) is 20.8 Å². The van der Waals surface area contributed by atoms with Crippen molar-refractivity contribution in [3.05, 3.63) is 0 Å². The van der Waals surface area contributed by atoms with Crippen LogP contribution in [0.1, 0.15) is 33.6 Å². The van der Waals surface area contributed by atoms with Crippen molar-refractivity contribution in [2.75, 3.05) is 12.7 Å². The molecule has 100 valence electrons. The zero-order valence-electron chi connectivity index (χ0n) is 10.6. The molecule has 0 radical (unpaired) electrons. The summed E-state index contributed by atoms with van der Waals surface area (Å²) >= 11 is 0. The molecule has 0 aromatic rings. The molecular weight excluding hydrogens is 241 g/mol. The van der Waals surface area contributed by atoms with Gasteiger partial charge in [0.05, 0.1) is 0 Å². The Morgan fingerprint density at radius 1 is 1.53 bits per heavy atom. The lowest BCUT2D eigenvalue weighted by Crippen LogP contribution is -2.55. The van der Waals surface area contributed by atoms with Crippen LogP contribution in [0.2, 0.25) is 0 Å². The smallest absolute Gasteiger partial charge is 0.324 e. The van der Waals surface area contributed by atoms with Crippen LogP contribution in [0.4, 0.5) is 0 Å². The summed E-state index contributed by atoms with van der Waals surface area (Å²) in [5.41, 5.74) is -0.659. The molecule has 0 unspecified atom stereocenters. The van der Waals surface area contributed by atoms with Gasteiger partial charge >= 0.3 is 7.60 Å². The highest BCUT2D eigenvalue weighted by Gasteiger charge is 2.45. The summed E-state index contributed by atoms with van der Waals surface area (Å²) in [6, 6.07) is -0.00435. The molecule has 1 aliphatic heterocycles. The summed E-state index contributed by atoms with van der Waals surface area (Å²) in [4.78, 5) is 30.0. The Labute approximate surface area is 102 Å². The van der Waals surface area contributed by atoms with Crippen molar-refractivity contribution >= 4 is 13.4 Å². The van der Waals surface area contributed by atoms with Crippen molar-refractivity contribution in [3.8, 4) is 0 Å². The monoisotopic (exact) mass is 263 g/mol. The number of hydrogen-bond donors (Lipinski definition) is 3. The molecule has 17 heavy (non-hydrogen) atoms. The Bertz CT molecular complexity index is 338. The number of Topliss-reactive ketones (excluding diaryl/α,β-unsaturated/α-hetero) is 1. The minimum absolute atomic E-state index is 0.00435. The van der Waals surface area contributed by atoms with Gasteiger partial charge in [-0.1, -0.05) is 20.8 Å². The lowest BCUT2D eigenvalue weighted by molar-refractivity contribution is -0.129. The Morgan fingerprint density at radius 2 is 2.12 bits per heavy atom. The third-order valence-electron chi connectivity index (χ3n) is 3.58. The van der Waals surface area contributed by atoms with Crippen molar-refractivity contribution in [3.63, 3.8) is 0 Å². The predicted molar refractivity (Wildman–Crippen MR) is 65.9 cm³/mol. The standard InChI is InChI=1S/C11H22NO4P/c1-8(2)10-11(3,5-4-6-12-10)9(13)7-17(14,15)16/h8,10,12H,4-7H2,1-3H3,(H2,14,15,16)/t10-,11+/m0/s1. The maximum Gasteiger partial charge on any atom is 0.332 e. The number of nitrogens with one attached hydrogen (secondary N) is 1. The molecule has 0 spiro atoms. The first kappa shape index (κ1) is 14.8. The maximum absolute atomic E-state index is 12.1. The van der Waals surface area contributed by atoms with E-state index in [1.165, 1.54) is 0 Å². The third-order valence-corrected chi connectivity index (χ3v) is 4.28. The zero-order chi connectivity index (χ0) is 13.3. The van der Waals surface area contributed by atoms with Crippen LogP contribution in [-0.4, -0.2) is 34.3 Å². The SMILES string of the molecule is CC(C)[C@@H]1NCCC[C@]1(C)C(=O)CP(=O)(O)O. The highest BCUT2D eigenvalue weighted by atomic mass is 31.2. The second kappa shape index (κ2) is 5.19. The first-order chi connectivity index (χ1) is 7.67. The Kier molecular flexibility index (Phi) is 4.53. The van der Waals surface area contributed by atoms with Gasteiger partial charge in [-0.05, 0) is 25.3 Å². The van der Waals surface area contributed by atoms with Gasteiger partial charge in [0.25, 0.3) is 0 Å². The molecule has 0 saturated carbocycles. The normalized spacial score (nSPS) is 30.6. The first-order valence-electron chi connectivity index (χ1n) is 5.98. The van der Waals surface area contributed by atoms with Crippen LogP contribution in [0.5, 0.6) is 0 Å². The molecule has 1 fully saturated rings. The Morgan fingerprint density at radius 3 is 2.59 bits per heavy atom. The molecule has 0 aromatic carbocycles. The molecule has 2 atom stereocenters. The fraction of sp³-hybridized carbons (Fsp3) is 0.909. The second-order valence-electron chi connectivity index (χ2n) is 5.44. The van der Waals surface area contributed by atoms with Crippen LogP contribution < -0.4 is 5.32 Å². The van der Waals surface area contributed by atoms with E-state index in [2.05, 4.69) is 5.32 Å². The van der Waals surface area contributed by atoms with Crippen LogP contribution in [0.15, 0.2) is 0 Å². The molecule has 1 rings (SSSR count). The van der Waals surface area contributed by atoms with E-state index in [0.717, 1.165) is 13.0 Å². The van der Waals surface area contributed by atoms with Crippen molar-refractivity contribution < 1.29 is 19.1 Å². The van der Waals surface area contributed by atoms with Crippen molar-refractivity contribution in [2.24, 2.45) is 11.3 Å². The number of carbonyl (C=O) groups excluding carboxylic acids is 1. The van der Waals surface area contributed by atoms with E-state index in [9.17, 15) is 9.36 Å². The van der Waals surface area contributed by atoms with Gasteiger partial charge in [0.1, 0.15) is 6.16 Å². The van der Waals surface area contributed by atoms with Crippen molar-refractivity contribution in [1.82, 2.24) is 5.32 Å². The topological polar surface area (TPSA) is 86.6 Å². The quantitative estimate of drug-likeness (QED) is 0.662. The summed E-state index contributed by atoms with van der Waals surface area (Å²) in [6.07, 6.45) is 0.919. The van der Waals surface area contributed by atoms with E-state index in [1.54, 1.807) is 0 Å². The number of rotatable bonds is 4. The highest BCUT2D eigenvalue weighted by Crippen LogP contribution is 2.42. The average Bonchev–Trinajstić information content (AvgIpc) is 2.15. The van der Waals surface area contributed by atoms with Gasteiger partial charge in [-0.15, -0.1) is 0 Å². The minimum Gasteiger partial charge on any atom is -0.324 e. The highest BCUT2D eigenvalue weighted by molar-refractivity contribution is 7.52. The number of hydrogen-bond acceptors (Lipinski definition) is 3. The second-order valence-corrected chi connectivity index (χ2v) is 7.09. The van der Waals surface area contributed by atoms with Crippen molar-refractivity contribution in [2.45, 2.75) is 39.7 Å². The fourth-order valence-corrected chi connectivity index (χ4v) is 3.48. The largest absolute Gasteiger partial charge is 0.332 e. The molecular formula is C11H22NO4P. The van der Waals surface area contributed by atoms with Crippen LogP contribution in [0, 0.1) is 11.3 Å². The summed E-state index contributed by atoms with van der Waals surface area (Å²) in [7, 11) is -4.27. The molecule has 3 N–H and O–H groups in total. The van der Waals surface area contributed by atoms with Gasteiger partial charge in [0, 0.05) is 11.5 Å². The van der Waals surface area contributed by atoms with Gasteiger partial charge in [0.15, 0.2) is 5.78 Å². The van der Waals surface area contributed by atoms with Crippen LogP contribution in [0.3, 0.4) is 0 Å². The molecule has 6 heteroatoms. The number of ketones is 1. The molecule has 5 nitrogen and oxygen atoms in total. The molecule has 1 aliphatic rings. The molecule has 0 bridgehead atoms. The summed E-state index contributed by atoms with van der Waals surface area (Å²) in [5, 5.41) is 3.30. The van der Waals surface area contributed by atoms with Gasteiger partial charge in [-0.25, -0.2) is 0 Å². The summed E-state index contributed by atoms with van der Waals surface area (Å²) in [5.74, 6) is -0.0576. The van der Waals surface area contributed by atoms with Crippen LogP contribution >= 0.6 is 7.60 Å². The maximum atomic E-state index is 12.1. The van der Waals surface area contributed by atoms with E-state index in [-0.39, 0.29) is 17.7 Å². The van der Waals surface area contributed by atoms with E-state index >= 15 is 0 Å². The van der Waals surface area contributed by atoms with Gasteiger partial charge in [-0.2, -0.15) is 0 Å². The van der Waals surface area contributed by atoms with E-state index < -0.39 is 19.2 Å². The fourth-order valence-electron chi connectivity index (χ4n) is 2.75. The van der Waals surface area contributed by atoms with Gasteiger partial charge in [0.2, 0.25) is 0 Å². The summed E-state index contributed by atoms with van der Waals surface area (Å²) < 4.78 is 11.0. The Balaban J connectivity index is 2.89. The molecule has 1 heterocycles. The Hall–Kier alpha value is -0.220. The molecule has 0 amide bonds. The molecule has 0 aromatic heterocycles. The van der Waals surface area contributed by atoms with Crippen molar-refractivity contribution in [1.29, 1.82) is 0 Å². The molecule has 1 saturated heterocycles. The van der Waals surface area contributed by atoms with E-state index in [0.29, 0.717) is 6.42 Å². The predicted octanol–water partition coefficient (Wildman–Crippen LogP) is 1.15. The third kappa shape index (κ3) is 3.62. The van der Waals surface area contributed by atoms with Gasteiger partial charge < -0.3 is 15.1 Å². The lowest BCUT2D eigenvalue weighted by atomic mass is 9.69. The van der Waals surface area contributed by atoms with Gasteiger partial charge in [-0.3, -0.25) is 9.36 Å². The molecule has 0 aliphatic carbocycles. The summed E-state index contributed by atoms with van der Waals surface area (Å²) in [6.45, 7) is 6.72.